The minimum absolute atomic E-state index is 0.000836. The van der Waals surface area contributed by atoms with E-state index in [4.69, 9.17) is 4.42 Å². The Morgan fingerprint density at radius 3 is 2.94 bits per heavy atom. The lowest BCUT2D eigenvalue weighted by atomic mass is 10.3. The fourth-order valence-electron chi connectivity index (χ4n) is 1.55. The number of amides is 1. The lowest BCUT2D eigenvalue weighted by molar-refractivity contribution is -0.120. The molecule has 2 rings (SSSR count). The van der Waals surface area contributed by atoms with Crippen molar-refractivity contribution < 1.29 is 9.21 Å². The summed E-state index contributed by atoms with van der Waals surface area (Å²) < 4.78 is 5.38. The first-order valence-electron chi connectivity index (χ1n) is 5.37. The van der Waals surface area contributed by atoms with Crippen molar-refractivity contribution in [3.05, 3.63) is 39.7 Å². The molecule has 2 aromatic rings. The molecule has 0 atom stereocenters. The lowest BCUT2D eigenvalue weighted by Gasteiger charge is -2.02. The SMILES string of the molecule is Cc1nc(C)c(CNC(=O)Cc2cccs2)o1. The molecule has 90 valence electrons. The minimum atomic E-state index is 0.000836. The number of rotatable bonds is 4. The van der Waals surface area contributed by atoms with Crippen LogP contribution in [0.4, 0.5) is 0 Å². The van der Waals surface area contributed by atoms with Gasteiger partial charge in [0.15, 0.2) is 5.89 Å². The molecule has 5 heteroatoms. The highest BCUT2D eigenvalue weighted by atomic mass is 32.1. The zero-order valence-electron chi connectivity index (χ0n) is 9.82. The van der Waals surface area contributed by atoms with Gasteiger partial charge in [0.25, 0.3) is 0 Å². The van der Waals surface area contributed by atoms with Crippen molar-refractivity contribution >= 4 is 17.2 Å². The molecule has 4 nitrogen and oxygen atoms in total. The lowest BCUT2D eigenvalue weighted by Crippen LogP contribution is -2.24. The van der Waals surface area contributed by atoms with Crippen molar-refractivity contribution in [2.24, 2.45) is 0 Å². The smallest absolute Gasteiger partial charge is 0.225 e. The highest BCUT2D eigenvalue weighted by molar-refractivity contribution is 7.10. The zero-order valence-corrected chi connectivity index (χ0v) is 10.6. The van der Waals surface area contributed by atoms with Crippen LogP contribution in [-0.2, 0) is 17.8 Å². The van der Waals surface area contributed by atoms with Gasteiger partial charge in [0.1, 0.15) is 5.76 Å². The van der Waals surface area contributed by atoms with Crippen LogP contribution in [0.2, 0.25) is 0 Å². The molecule has 2 heterocycles. The Labute approximate surface area is 104 Å². The van der Waals surface area contributed by atoms with E-state index in [0.717, 1.165) is 16.3 Å². The molecule has 0 aliphatic carbocycles. The van der Waals surface area contributed by atoms with Gasteiger partial charge in [0.05, 0.1) is 18.7 Å². The third-order valence-corrected chi connectivity index (χ3v) is 3.24. The number of hydrogen-bond donors (Lipinski definition) is 1. The Kier molecular flexibility index (Phi) is 3.58. The summed E-state index contributed by atoms with van der Waals surface area (Å²) in [6, 6.07) is 3.89. The van der Waals surface area contributed by atoms with Gasteiger partial charge in [-0.05, 0) is 18.4 Å². The van der Waals surface area contributed by atoms with Crippen LogP contribution in [0.1, 0.15) is 22.2 Å². The van der Waals surface area contributed by atoms with Gasteiger partial charge in [0.2, 0.25) is 5.91 Å². The van der Waals surface area contributed by atoms with Gasteiger partial charge in [-0.3, -0.25) is 4.79 Å². The Bertz CT molecular complexity index is 503. The van der Waals surface area contributed by atoms with Gasteiger partial charge in [0, 0.05) is 11.8 Å². The predicted octanol–water partition coefficient (Wildman–Crippen LogP) is 2.21. The zero-order chi connectivity index (χ0) is 12.3. The monoisotopic (exact) mass is 250 g/mol. The van der Waals surface area contributed by atoms with Crippen molar-refractivity contribution in [1.82, 2.24) is 10.3 Å². The van der Waals surface area contributed by atoms with E-state index in [0.29, 0.717) is 18.9 Å². The van der Waals surface area contributed by atoms with Crippen molar-refractivity contribution in [1.29, 1.82) is 0 Å². The standard InChI is InChI=1S/C12H14N2O2S/c1-8-11(16-9(2)14-8)7-13-12(15)6-10-4-3-5-17-10/h3-5H,6-7H2,1-2H3,(H,13,15). The normalized spacial score (nSPS) is 10.5. The third kappa shape index (κ3) is 3.17. The Balaban J connectivity index is 1.86. The third-order valence-electron chi connectivity index (χ3n) is 2.36. The number of oxazole rings is 1. The second-order valence-corrected chi connectivity index (χ2v) is 4.81. The average molecular weight is 250 g/mol. The van der Waals surface area contributed by atoms with Crippen molar-refractivity contribution in [3.63, 3.8) is 0 Å². The molecule has 0 aliphatic heterocycles. The number of carbonyl (C=O) groups is 1. The second kappa shape index (κ2) is 5.14. The summed E-state index contributed by atoms with van der Waals surface area (Å²) in [6.45, 7) is 4.07. The highest BCUT2D eigenvalue weighted by Gasteiger charge is 2.09. The first-order chi connectivity index (χ1) is 8.15. The fraction of sp³-hybridized carbons (Fsp3) is 0.333. The molecule has 0 spiro atoms. The summed E-state index contributed by atoms with van der Waals surface area (Å²) >= 11 is 1.58. The average Bonchev–Trinajstić information content (AvgIpc) is 2.86. The Morgan fingerprint density at radius 2 is 2.35 bits per heavy atom. The van der Waals surface area contributed by atoms with E-state index in [2.05, 4.69) is 10.3 Å². The minimum Gasteiger partial charge on any atom is -0.444 e. The van der Waals surface area contributed by atoms with Crippen LogP contribution in [0.3, 0.4) is 0 Å². The molecule has 0 unspecified atom stereocenters. The van der Waals surface area contributed by atoms with E-state index < -0.39 is 0 Å². The van der Waals surface area contributed by atoms with Gasteiger partial charge in [-0.15, -0.1) is 11.3 Å². The molecule has 1 amide bonds. The predicted molar refractivity (Wildman–Crippen MR) is 65.8 cm³/mol. The van der Waals surface area contributed by atoms with Crippen LogP contribution in [0.15, 0.2) is 21.9 Å². The van der Waals surface area contributed by atoms with Crippen LogP contribution in [0, 0.1) is 13.8 Å². The molecular weight excluding hydrogens is 236 g/mol. The van der Waals surface area contributed by atoms with Crippen LogP contribution >= 0.6 is 11.3 Å². The maximum absolute atomic E-state index is 11.6. The topological polar surface area (TPSA) is 55.1 Å². The van der Waals surface area contributed by atoms with Crippen LogP contribution in [0.5, 0.6) is 0 Å². The molecule has 1 N–H and O–H groups in total. The summed E-state index contributed by atoms with van der Waals surface area (Å²) in [4.78, 5) is 16.8. The number of aromatic nitrogens is 1. The second-order valence-electron chi connectivity index (χ2n) is 3.77. The summed E-state index contributed by atoms with van der Waals surface area (Å²) in [5.74, 6) is 1.35. The first-order valence-corrected chi connectivity index (χ1v) is 6.25. The molecule has 0 saturated carbocycles. The number of aryl methyl sites for hydroxylation is 2. The largest absolute Gasteiger partial charge is 0.444 e. The molecule has 0 bridgehead atoms. The maximum Gasteiger partial charge on any atom is 0.225 e. The molecule has 0 aromatic carbocycles. The van der Waals surface area contributed by atoms with Crippen molar-refractivity contribution in [2.75, 3.05) is 0 Å². The van der Waals surface area contributed by atoms with Gasteiger partial charge in [-0.25, -0.2) is 4.98 Å². The summed E-state index contributed by atoms with van der Waals surface area (Å²) in [6.07, 6.45) is 0.420. The molecule has 0 aliphatic rings. The van der Waals surface area contributed by atoms with Crippen LogP contribution in [-0.4, -0.2) is 10.9 Å². The van der Waals surface area contributed by atoms with E-state index in [9.17, 15) is 4.79 Å². The van der Waals surface area contributed by atoms with Crippen LogP contribution in [0.25, 0.3) is 0 Å². The maximum atomic E-state index is 11.6. The summed E-state index contributed by atoms with van der Waals surface area (Å²) in [5.41, 5.74) is 0.832. The summed E-state index contributed by atoms with van der Waals surface area (Å²) in [7, 11) is 0. The van der Waals surface area contributed by atoms with E-state index >= 15 is 0 Å². The Morgan fingerprint density at radius 1 is 1.53 bits per heavy atom. The number of hydrogen-bond acceptors (Lipinski definition) is 4. The van der Waals surface area contributed by atoms with E-state index in [1.807, 2.05) is 24.4 Å². The molecule has 0 saturated heterocycles. The van der Waals surface area contributed by atoms with Crippen LogP contribution < -0.4 is 5.32 Å². The number of thiophene rings is 1. The van der Waals surface area contributed by atoms with E-state index in [1.54, 1.807) is 18.3 Å². The molecular formula is C12H14N2O2S. The van der Waals surface area contributed by atoms with Gasteiger partial charge in [-0.2, -0.15) is 0 Å². The van der Waals surface area contributed by atoms with E-state index in [-0.39, 0.29) is 5.91 Å². The van der Waals surface area contributed by atoms with Gasteiger partial charge < -0.3 is 9.73 Å². The van der Waals surface area contributed by atoms with Gasteiger partial charge in [-0.1, -0.05) is 6.07 Å². The first kappa shape index (κ1) is 11.9. The Hall–Kier alpha value is -1.62. The summed E-state index contributed by atoms with van der Waals surface area (Å²) in [5, 5.41) is 4.79. The molecule has 0 fully saturated rings. The fourth-order valence-corrected chi connectivity index (χ4v) is 2.25. The quantitative estimate of drug-likeness (QED) is 0.905. The van der Waals surface area contributed by atoms with Crippen molar-refractivity contribution in [3.8, 4) is 0 Å². The highest BCUT2D eigenvalue weighted by Crippen LogP contribution is 2.10. The van der Waals surface area contributed by atoms with E-state index in [1.165, 1.54) is 0 Å². The number of nitrogens with zero attached hydrogens (tertiary/aromatic N) is 1. The molecule has 17 heavy (non-hydrogen) atoms. The molecule has 0 radical (unpaired) electrons. The number of nitrogens with one attached hydrogen (secondary N) is 1. The molecule has 2 aromatic heterocycles. The van der Waals surface area contributed by atoms with Crippen molar-refractivity contribution in [2.45, 2.75) is 26.8 Å². The van der Waals surface area contributed by atoms with Gasteiger partial charge >= 0.3 is 0 Å². The number of carbonyl (C=O) groups excluding carboxylic acids is 1.